The zero-order valence-corrected chi connectivity index (χ0v) is 11.4. The Balaban J connectivity index is 2.16. The predicted octanol–water partition coefficient (Wildman–Crippen LogP) is 3.89. The summed E-state index contributed by atoms with van der Waals surface area (Å²) in [4.78, 5) is 0. The van der Waals surface area contributed by atoms with Gasteiger partial charge in [0, 0.05) is 5.54 Å². The minimum absolute atomic E-state index is 0.147. The summed E-state index contributed by atoms with van der Waals surface area (Å²) in [6.07, 6.45) is 1.04. The normalized spacial score (nSPS) is 11.5. The third-order valence-corrected chi connectivity index (χ3v) is 3.38. The Labute approximate surface area is 110 Å². The molecule has 0 spiro atoms. The summed E-state index contributed by atoms with van der Waals surface area (Å²) >= 11 is 0. The van der Waals surface area contributed by atoms with Crippen LogP contribution >= 0.6 is 0 Å². The predicted molar refractivity (Wildman–Crippen MR) is 78.7 cm³/mol. The number of nitrogens with one attached hydrogen (secondary N) is 1. The lowest BCUT2D eigenvalue weighted by atomic mass is 9.94. The van der Waals surface area contributed by atoms with Crippen molar-refractivity contribution in [1.82, 2.24) is 5.32 Å². The van der Waals surface area contributed by atoms with Crippen LogP contribution in [-0.4, -0.2) is 12.6 Å². The lowest BCUT2D eigenvalue weighted by Crippen LogP contribution is -2.38. The van der Waals surface area contributed by atoms with Gasteiger partial charge < -0.3 is 5.32 Å². The van der Waals surface area contributed by atoms with Gasteiger partial charge in [-0.25, -0.2) is 0 Å². The molecule has 2 rings (SSSR count). The third kappa shape index (κ3) is 3.21. The van der Waals surface area contributed by atoms with Crippen LogP contribution in [0.1, 0.15) is 19.4 Å². The first-order valence-corrected chi connectivity index (χ1v) is 6.44. The summed E-state index contributed by atoms with van der Waals surface area (Å²) in [5.74, 6) is 0. The van der Waals surface area contributed by atoms with Crippen LogP contribution < -0.4 is 5.32 Å². The highest BCUT2D eigenvalue weighted by Crippen LogP contribution is 2.20. The molecule has 0 heterocycles. The van der Waals surface area contributed by atoms with Gasteiger partial charge in [-0.1, -0.05) is 54.6 Å². The molecule has 0 amide bonds. The van der Waals surface area contributed by atoms with Gasteiger partial charge in [-0.3, -0.25) is 0 Å². The molecule has 0 unspecified atom stereocenters. The molecule has 0 bridgehead atoms. The summed E-state index contributed by atoms with van der Waals surface area (Å²) in [7, 11) is 2.01. The standard InChI is InChI=1S/C17H21N/c1-17(2,18-3)13-14-9-11-16(12-10-14)15-7-5-4-6-8-15/h4-12,18H,13H2,1-3H3. The van der Waals surface area contributed by atoms with E-state index in [9.17, 15) is 0 Å². The Morgan fingerprint density at radius 1 is 0.833 bits per heavy atom. The highest BCUT2D eigenvalue weighted by atomic mass is 14.9. The van der Waals surface area contributed by atoms with E-state index in [1.54, 1.807) is 0 Å². The lowest BCUT2D eigenvalue weighted by molar-refractivity contribution is 0.422. The molecule has 1 heteroatoms. The quantitative estimate of drug-likeness (QED) is 0.853. The first-order valence-electron chi connectivity index (χ1n) is 6.44. The van der Waals surface area contributed by atoms with Crippen LogP contribution in [0.15, 0.2) is 54.6 Å². The molecule has 2 aromatic carbocycles. The second kappa shape index (κ2) is 5.36. The molecule has 0 radical (unpaired) electrons. The van der Waals surface area contributed by atoms with Crippen LogP contribution in [0.5, 0.6) is 0 Å². The summed E-state index contributed by atoms with van der Waals surface area (Å²) in [5, 5.41) is 3.34. The molecule has 0 aliphatic carbocycles. The molecule has 2 aromatic rings. The highest BCUT2D eigenvalue weighted by molar-refractivity contribution is 5.63. The van der Waals surface area contributed by atoms with Crippen molar-refractivity contribution >= 4 is 0 Å². The molecule has 0 aliphatic rings. The number of likely N-dealkylation sites (N-methyl/N-ethyl adjacent to an activating group) is 1. The fourth-order valence-corrected chi connectivity index (χ4v) is 2.04. The Morgan fingerprint density at radius 2 is 1.39 bits per heavy atom. The molecule has 1 nitrogen and oxygen atoms in total. The average molecular weight is 239 g/mol. The smallest absolute Gasteiger partial charge is 0.0162 e. The van der Waals surface area contributed by atoms with Crippen LogP contribution in [0.2, 0.25) is 0 Å². The molecule has 94 valence electrons. The number of hydrogen-bond acceptors (Lipinski definition) is 1. The molecule has 0 aromatic heterocycles. The zero-order valence-electron chi connectivity index (χ0n) is 11.4. The van der Waals surface area contributed by atoms with Crippen LogP contribution in [0, 0.1) is 0 Å². The third-order valence-electron chi connectivity index (χ3n) is 3.38. The molecule has 0 fully saturated rings. The number of benzene rings is 2. The minimum atomic E-state index is 0.147. The van der Waals surface area contributed by atoms with Crippen LogP contribution in [0.25, 0.3) is 11.1 Å². The summed E-state index contributed by atoms with van der Waals surface area (Å²) in [6.45, 7) is 4.44. The summed E-state index contributed by atoms with van der Waals surface area (Å²) < 4.78 is 0. The molecule has 0 saturated carbocycles. The lowest BCUT2D eigenvalue weighted by Gasteiger charge is -2.24. The first-order chi connectivity index (χ1) is 8.61. The van der Waals surface area contributed by atoms with Gasteiger partial charge in [0.05, 0.1) is 0 Å². The maximum absolute atomic E-state index is 3.34. The van der Waals surface area contributed by atoms with Gasteiger partial charge in [0.15, 0.2) is 0 Å². The molecule has 1 N–H and O–H groups in total. The van der Waals surface area contributed by atoms with Gasteiger partial charge >= 0.3 is 0 Å². The Kier molecular flexibility index (Phi) is 3.83. The molecule has 0 atom stereocenters. The van der Waals surface area contributed by atoms with Crippen molar-refractivity contribution in [2.24, 2.45) is 0 Å². The fourth-order valence-electron chi connectivity index (χ4n) is 2.04. The van der Waals surface area contributed by atoms with Crippen molar-refractivity contribution in [3.05, 3.63) is 60.2 Å². The summed E-state index contributed by atoms with van der Waals surface area (Å²) in [6, 6.07) is 19.3. The molecular formula is C17H21N. The van der Waals surface area contributed by atoms with E-state index < -0.39 is 0 Å². The van der Waals surface area contributed by atoms with Crippen molar-refractivity contribution in [2.75, 3.05) is 7.05 Å². The van der Waals surface area contributed by atoms with E-state index in [1.807, 2.05) is 13.1 Å². The second-order valence-corrected chi connectivity index (χ2v) is 5.37. The van der Waals surface area contributed by atoms with E-state index in [0.29, 0.717) is 0 Å². The molecule has 0 saturated heterocycles. The molecular weight excluding hydrogens is 218 g/mol. The average Bonchev–Trinajstić information content (AvgIpc) is 2.40. The van der Waals surface area contributed by atoms with E-state index in [2.05, 4.69) is 67.7 Å². The number of rotatable bonds is 4. The van der Waals surface area contributed by atoms with Crippen LogP contribution in [-0.2, 0) is 6.42 Å². The van der Waals surface area contributed by atoms with Crippen molar-refractivity contribution in [3.8, 4) is 11.1 Å². The van der Waals surface area contributed by atoms with Crippen LogP contribution in [0.4, 0.5) is 0 Å². The first kappa shape index (κ1) is 12.8. The van der Waals surface area contributed by atoms with Crippen molar-refractivity contribution in [1.29, 1.82) is 0 Å². The molecule has 18 heavy (non-hydrogen) atoms. The SMILES string of the molecule is CNC(C)(C)Cc1ccc(-c2ccccc2)cc1. The van der Waals surface area contributed by atoms with Gasteiger partial charge in [-0.15, -0.1) is 0 Å². The van der Waals surface area contributed by atoms with Crippen molar-refractivity contribution < 1.29 is 0 Å². The van der Waals surface area contributed by atoms with E-state index >= 15 is 0 Å². The Hall–Kier alpha value is -1.60. The van der Waals surface area contributed by atoms with Crippen molar-refractivity contribution in [2.45, 2.75) is 25.8 Å². The van der Waals surface area contributed by atoms with Gasteiger partial charge in [0.25, 0.3) is 0 Å². The van der Waals surface area contributed by atoms with Crippen molar-refractivity contribution in [3.63, 3.8) is 0 Å². The maximum Gasteiger partial charge on any atom is 0.0162 e. The monoisotopic (exact) mass is 239 g/mol. The van der Waals surface area contributed by atoms with Gasteiger partial charge in [0.1, 0.15) is 0 Å². The summed E-state index contributed by atoms with van der Waals surface area (Å²) in [5.41, 5.74) is 4.07. The second-order valence-electron chi connectivity index (χ2n) is 5.37. The van der Waals surface area contributed by atoms with Crippen LogP contribution in [0.3, 0.4) is 0 Å². The van der Waals surface area contributed by atoms with Gasteiger partial charge in [0.2, 0.25) is 0 Å². The van der Waals surface area contributed by atoms with Gasteiger partial charge in [-0.05, 0) is 44.0 Å². The number of hydrogen-bond donors (Lipinski definition) is 1. The Morgan fingerprint density at radius 3 is 1.94 bits per heavy atom. The van der Waals surface area contributed by atoms with E-state index in [4.69, 9.17) is 0 Å². The van der Waals surface area contributed by atoms with E-state index in [0.717, 1.165) is 6.42 Å². The maximum atomic E-state index is 3.34. The largest absolute Gasteiger partial charge is 0.314 e. The topological polar surface area (TPSA) is 12.0 Å². The van der Waals surface area contributed by atoms with E-state index in [-0.39, 0.29) is 5.54 Å². The Bertz CT molecular complexity index is 483. The zero-order chi connectivity index (χ0) is 13.0. The fraction of sp³-hybridized carbons (Fsp3) is 0.294. The minimum Gasteiger partial charge on any atom is -0.314 e. The molecule has 0 aliphatic heterocycles. The van der Waals surface area contributed by atoms with E-state index in [1.165, 1.54) is 16.7 Å². The van der Waals surface area contributed by atoms with Gasteiger partial charge in [-0.2, -0.15) is 0 Å². The highest BCUT2D eigenvalue weighted by Gasteiger charge is 2.14.